The molecule has 0 aliphatic carbocycles. The Morgan fingerprint density at radius 1 is 1.16 bits per heavy atom. The van der Waals surface area contributed by atoms with E-state index in [-0.39, 0.29) is 23.7 Å². The molecule has 3 N–H and O–H groups in total. The number of rotatable bonds is 4. The number of benzene rings is 2. The van der Waals surface area contributed by atoms with E-state index >= 15 is 0 Å². The van der Waals surface area contributed by atoms with Gasteiger partial charge in [-0.25, -0.2) is 9.82 Å². The minimum Gasteiger partial charge on any atom is -0.349 e. The summed E-state index contributed by atoms with van der Waals surface area (Å²) in [5.41, 5.74) is 9.26. The van der Waals surface area contributed by atoms with Crippen LogP contribution in [0.25, 0.3) is 0 Å². The second-order valence-corrected chi connectivity index (χ2v) is 8.66. The summed E-state index contributed by atoms with van der Waals surface area (Å²) in [6.07, 6.45) is 1.72. The van der Waals surface area contributed by atoms with Crippen LogP contribution in [0.15, 0.2) is 66.9 Å². The molecule has 1 amide bonds. The van der Waals surface area contributed by atoms with Crippen molar-refractivity contribution in [2.75, 3.05) is 25.6 Å². The zero-order valence-electron chi connectivity index (χ0n) is 18.1. The molecule has 2 aromatic carbocycles. The number of para-hydroxylation sites is 1. The first-order valence-corrected chi connectivity index (χ1v) is 10.8. The Kier molecular flexibility index (Phi) is 5.15. The van der Waals surface area contributed by atoms with E-state index in [2.05, 4.69) is 26.1 Å². The van der Waals surface area contributed by atoms with Gasteiger partial charge in [0, 0.05) is 42.5 Å². The summed E-state index contributed by atoms with van der Waals surface area (Å²) in [6, 6.07) is 18.1. The number of aromatic nitrogens is 1. The summed E-state index contributed by atoms with van der Waals surface area (Å²) in [4.78, 5) is 20.4. The van der Waals surface area contributed by atoms with E-state index in [9.17, 15) is 9.18 Å². The van der Waals surface area contributed by atoms with Crippen molar-refractivity contribution in [1.29, 1.82) is 0 Å². The van der Waals surface area contributed by atoms with Crippen molar-refractivity contribution in [2.45, 2.75) is 24.4 Å². The van der Waals surface area contributed by atoms with Gasteiger partial charge in [-0.1, -0.05) is 36.4 Å². The molecule has 7 heteroatoms. The molecular formula is C25H26FN5O. The van der Waals surface area contributed by atoms with Gasteiger partial charge in [-0.15, -0.1) is 0 Å². The molecule has 3 aromatic rings. The van der Waals surface area contributed by atoms with Gasteiger partial charge in [0.2, 0.25) is 0 Å². The standard InChI is InChI=1S/C25H26FN5O/c1-16-13-17(11-12-27-16)25(20-8-4-6-10-22(20)29-30-25)24(32)28-23-15-31(2)14-19(23)18-7-3-5-9-21(18)26/h3-13,19,23,29-30H,14-15H2,1-2H3,(H,28,32)/t19-,23+,25?/m1/s1. The molecule has 6 nitrogen and oxygen atoms in total. The predicted octanol–water partition coefficient (Wildman–Crippen LogP) is 2.92. The molecule has 2 aliphatic heterocycles. The van der Waals surface area contributed by atoms with Crippen LogP contribution >= 0.6 is 0 Å². The van der Waals surface area contributed by atoms with Gasteiger partial charge in [0.1, 0.15) is 5.82 Å². The van der Waals surface area contributed by atoms with Crippen molar-refractivity contribution in [1.82, 2.24) is 20.6 Å². The smallest absolute Gasteiger partial charge is 0.251 e. The third-order valence-corrected chi connectivity index (χ3v) is 6.51. The summed E-state index contributed by atoms with van der Waals surface area (Å²) in [7, 11) is 1.99. The number of hydrogen-bond acceptors (Lipinski definition) is 5. The molecule has 2 aliphatic rings. The van der Waals surface area contributed by atoms with Crippen molar-refractivity contribution in [3.63, 3.8) is 0 Å². The number of halogens is 1. The highest BCUT2D eigenvalue weighted by Gasteiger charge is 2.49. The molecule has 0 bridgehead atoms. The van der Waals surface area contributed by atoms with E-state index in [1.54, 1.807) is 12.3 Å². The number of aryl methyl sites for hydroxylation is 1. The Labute approximate surface area is 186 Å². The second-order valence-electron chi connectivity index (χ2n) is 8.66. The molecule has 1 fully saturated rings. The number of nitrogens with zero attached hydrogens (tertiary/aromatic N) is 2. The lowest BCUT2D eigenvalue weighted by atomic mass is 9.82. The number of hydrazine groups is 1. The largest absolute Gasteiger partial charge is 0.349 e. The summed E-state index contributed by atoms with van der Waals surface area (Å²) < 4.78 is 14.6. The molecule has 164 valence electrons. The minimum atomic E-state index is -1.12. The zero-order chi connectivity index (χ0) is 22.3. The number of likely N-dealkylation sites (tertiary alicyclic amines) is 1. The number of carbonyl (C=O) groups is 1. The van der Waals surface area contributed by atoms with E-state index in [1.807, 2.05) is 62.5 Å². The third kappa shape index (κ3) is 3.34. The van der Waals surface area contributed by atoms with Crippen LogP contribution in [0.5, 0.6) is 0 Å². The number of carbonyl (C=O) groups excluding carboxylic acids is 1. The molecule has 0 spiro atoms. The fraction of sp³-hybridized carbons (Fsp3) is 0.280. The highest BCUT2D eigenvalue weighted by Crippen LogP contribution is 2.40. The van der Waals surface area contributed by atoms with Crippen LogP contribution < -0.4 is 16.2 Å². The van der Waals surface area contributed by atoms with Crippen molar-refractivity contribution < 1.29 is 9.18 Å². The molecule has 0 saturated carbocycles. The number of amides is 1. The van der Waals surface area contributed by atoms with Crippen LogP contribution in [0.4, 0.5) is 10.1 Å². The fourth-order valence-corrected chi connectivity index (χ4v) is 4.98. The van der Waals surface area contributed by atoms with Gasteiger partial charge in [0.15, 0.2) is 5.54 Å². The number of hydrogen-bond donors (Lipinski definition) is 3. The average Bonchev–Trinajstić information content (AvgIpc) is 3.35. The van der Waals surface area contributed by atoms with Crippen LogP contribution in [-0.2, 0) is 10.3 Å². The van der Waals surface area contributed by atoms with Crippen molar-refractivity contribution >= 4 is 11.6 Å². The molecule has 32 heavy (non-hydrogen) atoms. The minimum absolute atomic E-state index is 0.133. The fourth-order valence-electron chi connectivity index (χ4n) is 4.98. The highest BCUT2D eigenvalue weighted by molar-refractivity contribution is 5.95. The van der Waals surface area contributed by atoms with E-state index in [4.69, 9.17) is 0 Å². The first-order valence-electron chi connectivity index (χ1n) is 10.8. The first-order chi connectivity index (χ1) is 15.5. The Hall–Kier alpha value is -3.29. The van der Waals surface area contributed by atoms with Crippen LogP contribution in [0.2, 0.25) is 0 Å². The summed E-state index contributed by atoms with van der Waals surface area (Å²) in [5.74, 6) is -0.550. The van der Waals surface area contributed by atoms with E-state index < -0.39 is 5.54 Å². The van der Waals surface area contributed by atoms with Gasteiger partial charge in [-0.3, -0.25) is 9.78 Å². The number of anilines is 1. The highest BCUT2D eigenvalue weighted by atomic mass is 19.1. The summed E-state index contributed by atoms with van der Waals surface area (Å²) in [6.45, 7) is 3.23. The number of pyridine rings is 1. The topological polar surface area (TPSA) is 69.3 Å². The molecule has 1 aromatic heterocycles. The van der Waals surface area contributed by atoms with Gasteiger partial charge in [0.05, 0.1) is 5.69 Å². The lowest BCUT2D eigenvalue weighted by Crippen LogP contribution is -2.56. The molecular weight excluding hydrogens is 405 g/mol. The molecule has 0 radical (unpaired) electrons. The van der Waals surface area contributed by atoms with Gasteiger partial charge in [0.25, 0.3) is 5.91 Å². The number of fused-ring (bicyclic) bond motifs is 1. The van der Waals surface area contributed by atoms with Crippen molar-refractivity contribution in [3.05, 3.63) is 95.1 Å². The van der Waals surface area contributed by atoms with Crippen molar-refractivity contribution in [3.8, 4) is 0 Å². The Bertz CT molecular complexity index is 1170. The molecule has 1 unspecified atom stereocenters. The Morgan fingerprint density at radius 3 is 2.75 bits per heavy atom. The van der Waals surface area contributed by atoms with E-state index in [0.29, 0.717) is 18.7 Å². The summed E-state index contributed by atoms with van der Waals surface area (Å²) in [5, 5.41) is 3.26. The summed E-state index contributed by atoms with van der Waals surface area (Å²) >= 11 is 0. The quantitative estimate of drug-likeness (QED) is 0.593. The number of likely N-dealkylation sites (N-methyl/N-ethyl adjacent to an activating group) is 1. The maximum Gasteiger partial charge on any atom is 0.251 e. The second kappa shape index (κ2) is 8.00. The Balaban J connectivity index is 1.54. The van der Waals surface area contributed by atoms with Crippen LogP contribution in [0.1, 0.15) is 28.3 Å². The molecule has 1 saturated heterocycles. The van der Waals surface area contributed by atoms with Gasteiger partial charge in [-0.05, 0) is 49.4 Å². The SMILES string of the molecule is Cc1cc(C2(C(=O)N[C@H]3CN(C)C[C@@H]3c3ccccc3F)NNc3ccccc32)ccn1. The molecule has 5 rings (SSSR count). The maximum absolute atomic E-state index is 14.6. The average molecular weight is 432 g/mol. The monoisotopic (exact) mass is 431 g/mol. The van der Waals surface area contributed by atoms with E-state index in [0.717, 1.165) is 22.5 Å². The predicted molar refractivity (Wildman–Crippen MR) is 122 cm³/mol. The van der Waals surface area contributed by atoms with Gasteiger partial charge in [-0.2, -0.15) is 0 Å². The lowest BCUT2D eigenvalue weighted by Gasteiger charge is -2.32. The maximum atomic E-state index is 14.6. The molecule has 3 heterocycles. The number of nitrogens with one attached hydrogen (secondary N) is 3. The Morgan fingerprint density at radius 2 is 1.94 bits per heavy atom. The van der Waals surface area contributed by atoms with Gasteiger partial charge < -0.3 is 15.6 Å². The van der Waals surface area contributed by atoms with E-state index in [1.165, 1.54) is 6.07 Å². The van der Waals surface area contributed by atoms with Crippen LogP contribution in [0, 0.1) is 12.7 Å². The first kappa shape index (κ1) is 20.6. The molecule has 3 atom stereocenters. The zero-order valence-corrected chi connectivity index (χ0v) is 18.1. The normalized spacial score (nSPS) is 24.7. The van der Waals surface area contributed by atoms with Crippen LogP contribution in [0.3, 0.4) is 0 Å². The van der Waals surface area contributed by atoms with Crippen molar-refractivity contribution in [2.24, 2.45) is 0 Å². The van der Waals surface area contributed by atoms with Gasteiger partial charge >= 0.3 is 0 Å². The third-order valence-electron chi connectivity index (χ3n) is 6.51. The van der Waals surface area contributed by atoms with Crippen LogP contribution in [-0.4, -0.2) is 42.0 Å². The lowest BCUT2D eigenvalue weighted by molar-refractivity contribution is -0.126.